The van der Waals surface area contributed by atoms with Gasteiger partial charge in [-0.25, -0.2) is 4.79 Å². The Bertz CT molecular complexity index is 835. The van der Waals surface area contributed by atoms with Gasteiger partial charge >= 0.3 is 5.97 Å². The van der Waals surface area contributed by atoms with Crippen molar-refractivity contribution in [3.8, 4) is 0 Å². The summed E-state index contributed by atoms with van der Waals surface area (Å²) >= 11 is 5.96. The fourth-order valence-electron chi connectivity index (χ4n) is 4.10. The van der Waals surface area contributed by atoms with Crippen molar-refractivity contribution in [2.24, 2.45) is 0 Å². The molecule has 5 rings (SSSR count). The number of hydrogen-bond acceptors (Lipinski definition) is 4. The average molecular weight is 359 g/mol. The van der Waals surface area contributed by atoms with Crippen molar-refractivity contribution < 1.29 is 19.4 Å². The zero-order chi connectivity index (χ0) is 17.9. The molecule has 0 amide bonds. The van der Waals surface area contributed by atoms with Crippen molar-refractivity contribution in [3.05, 3.63) is 70.7 Å². The van der Waals surface area contributed by atoms with E-state index in [1.165, 1.54) is 0 Å². The number of carbonyl (C=O) groups excluding carboxylic acids is 1. The second kappa shape index (κ2) is 5.31. The lowest BCUT2D eigenvalue weighted by molar-refractivity contribution is -0.186. The number of halogens is 1. The minimum absolute atomic E-state index is 0.356. The minimum Gasteiger partial charge on any atom is -0.449 e. The topological polar surface area (TPSA) is 55.8 Å². The number of rotatable bonds is 3. The molecule has 1 aliphatic carbocycles. The molecule has 0 radical (unpaired) electrons. The Kier molecular flexibility index (Phi) is 3.52. The van der Waals surface area contributed by atoms with E-state index in [9.17, 15) is 9.90 Å². The number of aliphatic hydroxyl groups is 1. The molecule has 4 nitrogen and oxygen atoms in total. The maximum absolute atomic E-state index is 12.6. The minimum atomic E-state index is -1.08. The number of esters is 1. The summed E-state index contributed by atoms with van der Waals surface area (Å²) in [6.45, 7) is 3.69. The molecule has 3 atom stereocenters. The normalized spacial score (nSPS) is 32.1. The Balaban J connectivity index is 1.65. The predicted molar refractivity (Wildman–Crippen MR) is 93.5 cm³/mol. The SMILES string of the molecule is CC1(C)OC2(c3ccccc3)CC1(OC(=O)c1cccc(Cl)c1)C2O. The van der Waals surface area contributed by atoms with Crippen LogP contribution in [0.25, 0.3) is 0 Å². The first-order valence-corrected chi connectivity index (χ1v) is 8.61. The first kappa shape index (κ1) is 16.6. The Morgan fingerprint density at radius 3 is 2.56 bits per heavy atom. The lowest BCUT2D eigenvalue weighted by atomic mass is 9.60. The molecule has 2 bridgehead atoms. The molecule has 1 saturated carbocycles. The van der Waals surface area contributed by atoms with E-state index in [0.717, 1.165) is 5.56 Å². The van der Waals surface area contributed by atoms with Crippen molar-refractivity contribution in [2.75, 3.05) is 0 Å². The molecule has 1 N–H and O–H groups in total. The van der Waals surface area contributed by atoms with Crippen LogP contribution in [0.3, 0.4) is 0 Å². The molecule has 3 aliphatic rings. The molecule has 5 heteroatoms. The zero-order valence-electron chi connectivity index (χ0n) is 14.0. The van der Waals surface area contributed by atoms with E-state index >= 15 is 0 Å². The molecule has 2 aromatic carbocycles. The van der Waals surface area contributed by atoms with Gasteiger partial charge in [-0.15, -0.1) is 0 Å². The van der Waals surface area contributed by atoms with Gasteiger partial charge in [-0.05, 0) is 37.6 Å². The number of aliphatic hydroxyl groups excluding tert-OH is 1. The van der Waals surface area contributed by atoms with Gasteiger partial charge in [-0.2, -0.15) is 0 Å². The summed E-state index contributed by atoms with van der Waals surface area (Å²) in [4.78, 5) is 12.6. The smallest absolute Gasteiger partial charge is 0.338 e. The van der Waals surface area contributed by atoms with Crippen LogP contribution in [0.1, 0.15) is 36.2 Å². The highest BCUT2D eigenvalue weighted by molar-refractivity contribution is 6.30. The van der Waals surface area contributed by atoms with E-state index in [0.29, 0.717) is 17.0 Å². The Morgan fingerprint density at radius 1 is 1.20 bits per heavy atom. The molecule has 25 heavy (non-hydrogen) atoms. The van der Waals surface area contributed by atoms with Crippen LogP contribution in [-0.4, -0.2) is 28.4 Å². The molecule has 2 saturated heterocycles. The van der Waals surface area contributed by atoms with Crippen molar-refractivity contribution in [1.29, 1.82) is 0 Å². The fraction of sp³-hybridized carbons (Fsp3) is 0.350. The molecule has 2 heterocycles. The monoisotopic (exact) mass is 358 g/mol. The Morgan fingerprint density at radius 2 is 1.92 bits per heavy atom. The third-order valence-electron chi connectivity index (χ3n) is 5.46. The number of fused-ring (bicyclic) bond motifs is 1. The maximum atomic E-state index is 12.6. The van der Waals surface area contributed by atoms with Crippen LogP contribution in [0.15, 0.2) is 54.6 Å². The molecule has 3 unspecified atom stereocenters. The molecule has 3 fully saturated rings. The predicted octanol–water partition coefficient (Wildman–Crippen LogP) is 3.70. The lowest BCUT2D eigenvalue weighted by Gasteiger charge is -2.50. The van der Waals surface area contributed by atoms with Crippen LogP contribution in [0.5, 0.6) is 0 Å². The second-order valence-corrected chi connectivity index (χ2v) is 7.67. The van der Waals surface area contributed by atoms with Gasteiger partial charge in [0, 0.05) is 11.4 Å². The summed E-state index contributed by atoms with van der Waals surface area (Å²) in [5.41, 5.74) is -1.48. The highest BCUT2D eigenvalue weighted by atomic mass is 35.5. The van der Waals surface area contributed by atoms with Crippen LogP contribution in [0.2, 0.25) is 5.02 Å². The molecule has 2 aromatic rings. The van der Waals surface area contributed by atoms with Gasteiger partial charge < -0.3 is 14.6 Å². The van der Waals surface area contributed by atoms with Crippen LogP contribution in [0.4, 0.5) is 0 Å². The summed E-state index contributed by atoms with van der Waals surface area (Å²) in [5, 5.41) is 11.4. The third-order valence-corrected chi connectivity index (χ3v) is 5.70. The summed E-state index contributed by atoms with van der Waals surface area (Å²) in [6, 6.07) is 16.2. The van der Waals surface area contributed by atoms with Gasteiger partial charge in [-0.1, -0.05) is 48.0 Å². The summed E-state index contributed by atoms with van der Waals surface area (Å²) in [7, 11) is 0. The first-order valence-electron chi connectivity index (χ1n) is 8.23. The number of hydrogen-bond donors (Lipinski definition) is 1. The third kappa shape index (κ3) is 2.18. The van der Waals surface area contributed by atoms with Crippen molar-refractivity contribution in [1.82, 2.24) is 0 Å². The van der Waals surface area contributed by atoms with Gasteiger partial charge in [0.2, 0.25) is 0 Å². The molecule has 2 aliphatic heterocycles. The highest BCUT2D eigenvalue weighted by Gasteiger charge is 2.81. The Labute approximate surface area is 151 Å². The largest absolute Gasteiger partial charge is 0.449 e. The van der Waals surface area contributed by atoms with Crippen molar-refractivity contribution in [3.63, 3.8) is 0 Å². The van der Waals surface area contributed by atoms with Gasteiger partial charge in [0.15, 0.2) is 5.60 Å². The molecule has 0 spiro atoms. The summed E-state index contributed by atoms with van der Waals surface area (Å²) in [5.74, 6) is -0.512. The van der Waals surface area contributed by atoms with E-state index < -0.39 is 28.9 Å². The number of benzene rings is 2. The van der Waals surface area contributed by atoms with Gasteiger partial charge in [-0.3, -0.25) is 0 Å². The lowest BCUT2D eigenvalue weighted by Crippen LogP contribution is -2.67. The van der Waals surface area contributed by atoms with E-state index in [-0.39, 0.29) is 0 Å². The molecule has 130 valence electrons. The fourth-order valence-corrected chi connectivity index (χ4v) is 4.29. The number of ether oxygens (including phenoxy) is 2. The molecule has 0 aromatic heterocycles. The summed E-state index contributed by atoms with van der Waals surface area (Å²) in [6.07, 6.45) is -0.509. The maximum Gasteiger partial charge on any atom is 0.338 e. The van der Waals surface area contributed by atoms with Crippen LogP contribution >= 0.6 is 11.6 Å². The van der Waals surface area contributed by atoms with E-state index in [2.05, 4.69) is 0 Å². The highest BCUT2D eigenvalue weighted by Crippen LogP contribution is 2.66. The summed E-state index contributed by atoms with van der Waals surface area (Å²) < 4.78 is 12.0. The molecular weight excluding hydrogens is 340 g/mol. The van der Waals surface area contributed by atoms with Gasteiger partial charge in [0.05, 0.1) is 5.56 Å². The standard InChI is InChI=1S/C20H19ClO4/c1-18(2)20(24-16(22)13-7-6-10-15(21)11-13)12-19(25-18,17(20)23)14-8-4-3-5-9-14/h3-11,17,23H,12H2,1-2H3. The van der Waals surface area contributed by atoms with Crippen molar-refractivity contribution >= 4 is 17.6 Å². The molecular formula is C20H19ClO4. The van der Waals surface area contributed by atoms with Crippen LogP contribution in [0, 0.1) is 0 Å². The number of carbonyl (C=O) groups is 1. The van der Waals surface area contributed by atoms with E-state index in [1.807, 2.05) is 44.2 Å². The quantitative estimate of drug-likeness (QED) is 0.850. The second-order valence-electron chi connectivity index (χ2n) is 7.24. The van der Waals surface area contributed by atoms with Crippen LogP contribution in [-0.2, 0) is 15.1 Å². The van der Waals surface area contributed by atoms with E-state index in [4.69, 9.17) is 21.1 Å². The van der Waals surface area contributed by atoms with Gasteiger partial charge in [0.25, 0.3) is 0 Å². The Hall–Kier alpha value is -1.88. The van der Waals surface area contributed by atoms with Crippen LogP contribution < -0.4 is 0 Å². The first-order chi connectivity index (χ1) is 11.8. The van der Waals surface area contributed by atoms with E-state index in [1.54, 1.807) is 24.3 Å². The average Bonchev–Trinajstić information content (AvgIpc) is 2.94. The zero-order valence-corrected chi connectivity index (χ0v) is 14.8. The van der Waals surface area contributed by atoms with Crippen molar-refractivity contribution in [2.45, 2.75) is 43.2 Å². The van der Waals surface area contributed by atoms with Gasteiger partial charge in [0.1, 0.15) is 17.3 Å².